The summed E-state index contributed by atoms with van der Waals surface area (Å²) >= 11 is 1.89. The van der Waals surface area contributed by atoms with Crippen LogP contribution in [0.25, 0.3) is 11.0 Å². The van der Waals surface area contributed by atoms with E-state index < -0.39 is 0 Å². The molecule has 2 aromatic heterocycles. The minimum absolute atomic E-state index is 0.622. The minimum atomic E-state index is 0.622. The zero-order valence-corrected chi connectivity index (χ0v) is 12.0. The van der Waals surface area contributed by atoms with Gasteiger partial charge in [-0.1, -0.05) is 11.8 Å². The van der Waals surface area contributed by atoms with Crippen molar-refractivity contribution in [3.05, 3.63) is 30.1 Å². The molecule has 2 N–H and O–H groups in total. The summed E-state index contributed by atoms with van der Waals surface area (Å²) in [6.45, 7) is 3.95. The fourth-order valence-corrected chi connectivity index (χ4v) is 4.05. The smallest absolute Gasteiger partial charge is 0.159 e. The lowest BCUT2D eigenvalue weighted by Gasteiger charge is -2.31. The summed E-state index contributed by atoms with van der Waals surface area (Å²) in [5.74, 6) is 1.15. The molecule has 0 radical (unpaired) electrons. The Morgan fingerprint density at radius 3 is 3.50 bits per heavy atom. The van der Waals surface area contributed by atoms with Crippen LogP contribution in [0, 0.1) is 0 Å². The second-order valence-electron chi connectivity index (χ2n) is 5.17. The largest absolute Gasteiger partial charge is 0.346 e. The molecule has 1 atom stereocenters. The molecule has 4 rings (SSSR count). The molecule has 0 saturated carbocycles. The van der Waals surface area contributed by atoms with Crippen molar-refractivity contribution in [2.45, 2.75) is 12.6 Å². The molecule has 2 fully saturated rings. The molecule has 2 aliphatic rings. The van der Waals surface area contributed by atoms with Gasteiger partial charge in [0.2, 0.25) is 0 Å². The number of aromatic amines is 1. The molecule has 2 aliphatic heterocycles. The Bertz CT molecular complexity index is 650. The van der Waals surface area contributed by atoms with Crippen LogP contribution in [-0.2, 0) is 6.54 Å². The van der Waals surface area contributed by atoms with Crippen LogP contribution in [0.4, 0.5) is 0 Å². The van der Waals surface area contributed by atoms with E-state index in [9.17, 15) is 0 Å². The summed E-state index contributed by atoms with van der Waals surface area (Å²) in [4.78, 5) is 14.8. The summed E-state index contributed by atoms with van der Waals surface area (Å²) in [7, 11) is 0. The van der Waals surface area contributed by atoms with Gasteiger partial charge in [-0.25, -0.2) is 4.98 Å². The van der Waals surface area contributed by atoms with Gasteiger partial charge in [-0.05, 0) is 12.1 Å². The molecule has 20 heavy (non-hydrogen) atoms. The van der Waals surface area contributed by atoms with Crippen molar-refractivity contribution >= 4 is 28.0 Å². The molecule has 104 valence electrons. The molecule has 2 saturated heterocycles. The minimum Gasteiger partial charge on any atom is -0.346 e. The van der Waals surface area contributed by atoms with Crippen LogP contribution in [0.5, 0.6) is 0 Å². The average Bonchev–Trinajstić information content (AvgIpc) is 3.09. The van der Waals surface area contributed by atoms with Gasteiger partial charge in [0, 0.05) is 48.7 Å². The molecule has 0 bridgehead atoms. The summed E-state index contributed by atoms with van der Waals surface area (Å²) in [5.41, 5.74) is 2.17. The molecule has 5 nitrogen and oxygen atoms in total. The van der Waals surface area contributed by atoms with E-state index in [1.54, 1.807) is 0 Å². The Hall–Kier alpha value is -1.53. The van der Waals surface area contributed by atoms with Crippen molar-refractivity contribution in [3.63, 3.8) is 0 Å². The lowest BCUT2D eigenvalue weighted by molar-refractivity contribution is 0.290. The molecule has 1 unspecified atom stereocenters. The van der Waals surface area contributed by atoms with Crippen molar-refractivity contribution in [2.24, 2.45) is 4.99 Å². The fourth-order valence-electron chi connectivity index (χ4n) is 2.85. The second-order valence-corrected chi connectivity index (χ2v) is 6.16. The van der Waals surface area contributed by atoms with Crippen molar-refractivity contribution in [2.75, 3.05) is 25.4 Å². The first-order chi connectivity index (χ1) is 9.92. The Kier molecular flexibility index (Phi) is 3.12. The first-order valence-corrected chi connectivity index (χ1v) is 7.96. The van der Waals surface area contributed by atoms with Gasteiger partial charge in [-0.3, -0.25) is 4.99 Å². The Morgan fingerprint density at radius 1 is 1.50 bits per heavy atom. The lowest BCUT2D eigenvalue weighted by atomic mass is 10.2. The standard InChI is InChI=1S/C14H17N5S/c1-2-12-10(6-17-13(12)16-3-1)7-18-14-19-5-4-15-8-11(19)9-20-14/h1-3,6,11,15H,4-5,7-9H2,(H,16,17)/b18-14-. The molecule has 0 aromatic carbocycles. The van der Waals surface area contributed by atoms with Gasteiger partial charge in [0.05, 0.1) is 12.6 Å². The number of fused-ring (bicyclic) bond motifs is 2. The zero-order valence-electron chi connectivity index (χ0n) is 11.2. The van der Waals surface area contributed by atoms with E-state index in [1.807, 2.05) is 30.2 Å². The number of H-pyrrole nitrogens is 1. The van der Waals surface area contributed by atoms with Crippen LogP contribution in [0.2, 0.25) is 0 Å². The predicted molar refractivity (Wildman–Crippen MR) is 83.1 cm³/mol. The van der Waals surface area contributed by atoms with E-state index in [0.717, 1.165) is 37.6 Å². The Morgan fingerprint density at radius 2 is 2.50 bits per heavy atom. The zero-order chi connectivity index (χ0) is 13.4. The van der Waals surface area contributed by atoms with Gasteiger partial charge in [0.15, 0.2) is 5.17 Å². The molecular weight excluding hydrogens is 270 g/mol. The molecular formula is C14H17N5S. The number of rotatable bonds is 2. The molecule has 2 aromatic rings. The summed E-state index contributed by atoms with van der Waals surface area (Å²) in [6, 6.07) is 4.70. The van der Waals surface area contributed by atoms with Crippen molar-refractivity contribution < 1.29 is 0 Å². The maximum Gasteiger partial charge on any atom is 0.159 e. The lowest BCUT2D eigenvalue weighted by Crippen LogP contribution is -2.50. The number of hydrogen-bond donors (Lipinski definition) is 2. The van der Waals surface area contributed by atoms with Crippen molar-refractivity contribution in [1.82, 2.24) is 20.2 Å². The number of nitrogens with one attached hydrogen (secondary N) is 2. The second kappa shape index (κ2) is 5.10. The number of piperazine rings is 1. The first kappa shape index (κ1) is 12.2. The van der Waals surface area contributed by atoms with Crippen LogP contribution in [0.15, 0.2) is 29.5 Å². The van der Waals surface area contributed by atoms with Crippen LogP contribution in [0.1, 0.15) is 5.56 Å². The van der Waals surface area contributed by atoms with Crippen LogP contribution in [-0.4, -0.2) is 51.5 Å². The van der Waals surface area contributed by atoms with Crippen molar-refractivity contribution in [1.29, 1.82) is 0 Å². The molecule has 0 aliphatic carbocycles. The molecule has 6 heteroatoms. The number of thioether (sulfide) groups is 1. The van der Waals surface area contributed by atoms with E-state index in [-0.39, 0.29) is 0 Å². The maximum absolute atomic E-state index is 4.83. The maximum atomic E-state index is 4.83. The van der Waals surface area contributed by atoms with E-state index in [2.05, 4.69) is 26.3 Å². The SMILES string of the molecule is c1cnc2[nH]cc(C/N=C3\SCC4CNCCN34)c2c1. The molecule has 0 spiro atoms. The highest BCUT2D eigenvalue weighted by molar-refractivity contribution is 8.14. The highest BCUT2D eigenvalue weighted by Gasteiger charge is 2.31. The number of amidine groups is 1. The van der Waals surface area contributed by atoms with Gasteiger partial charge in [-0.2, -0.15) is 0 Å². The first-order valence-electron chi connectivity index (χ1n) is 6.97. The Balaban J connectivity index is 1.56. The predicted octanol–water partition coefficient (Wildman–Crippen LogP) is 1.44. The average molecular weight is 287 g/mol. The molecule has 0 amide bonds. The summed E-state index contributed by atoms with van der Waals surface area (Å²) < 4.78 is 0. The number of pyridine rings is 1. The van der Waals surface area contributed by atoms with Crippen LogP contribution >= 0.6 is 11.8 Å². The number of nitrogens with zero attached hydrogens (tertiary/aromatic N) is 3. The van der Waals surface area contributed by atoms with E-state index in [1.165, 1.54) is 16.1 Å². The van der Waals surface area contributed by atoms with Gasteiger partial charge < -0.3 is 15.2 Å². The fraction of sp³-hybridized carbons (Fsp3) is 0.429. The highest BCUT2D eigenvalue weighted by atomic mass is 32.2. The van der Waals surface area contributed by atoms with Crippen LogP contribution < -0.4 is 5.32 Å². The quantitative estimate of drug-likeness (QED) is 0.877. The van der Waals surface area contributed by atoms with E-state index >= 15 is 0 Å². The van der Waals surface area contributed by atoms with Gasteiger partial charge in [0.25, 0.3) is 0 Å². The Labute approximate surface area is 121 Å². The van der Waals surface area contributed by atoms with E-state index in [0.29, 0.717) is 6.04 Å². The monoisotopic (exact) mass is 287 g/mol. The topological polar surface area (TPSA) is 56.3 Å². The van der Waals surface area contributed by atoms with Gasteiger partial charge in [0.1, 0.15) is 5.65 Å². The number of aliphatic imine (C=N–C) groups is 1. The third-order valence-electron chi connectivity index (χ3n) is 3.92. The summed E-state index contributed by atoms with van der Waals surface area (Å²) in [6.07, 6.45) is 3.84. The van der Waals surface area contributed by atoms with Gasteiger partial charge in [-0.15, -0.1) is 0 Å². The third kappa shape index (κ3) is 2.09. The number of aromatic nitrogens is 2. The van der Waals surface area contributed by atoms with Crippen LogP contribution in [0.3, 0.4) is 0 Å². The van der Waals surface area contributed by atoms with Gasteiger partial charge >= 0.3 is 0 Å². The summed E-state index contributed by atoms with van der Waals surface area (Å²) in [5, 5.41) is 5.83. The molecule has 4 heterocycles. The third-order valence-corrected chi connectivity index (χ3v) is 5.10. The number of hydrogen-bond acceptors (Lipinski definition) is 4. The van der Waals surface area contributed by atoms with Crippen molar-refractivity contribution in [3.8, 4) is 0 Å². The highest BCUT2D eigenvalue weighted by Crippen LogP contribution is 2.26. The van der Waals surface area contributed by atoms with E-state index in [4.69, 9.17) is 4.99 Å². The normalized spacial score (nSPS) is 24.5.